The van der Waals surface area contributed by atoms with Crippen molar-refractivity contribution in [2.75, 3.05) is 0 Å². The Morgan fingerprint density at radius 1 is 0.958 bits per heavy atom. The molecule has 0 aromatic carbocycles. The molecule has 0 amide bonds. The van der Waals surface area contributed by atoms with Crippen molar-refractivity contribution < 1.29 is 4.42 Å². The van der Waals surface area contributed by atoms with Crippen LogP contribution in [-0.2, 0) is 6.42 Å². The van der Waals surface area contributed by atoms with Gasteiger partial charge in [-0.2, -0.15) is 0 Å². The Morgan fingerprint density at radius 2 is 1.54 bits per heavy atom. The van der Waals surface area contributed by atoms with E-state index in [1.54, 1.807) is 25.1 Å². The van der Waals surface area contributed by atoms with E-state index in [-0.39, 0.29) is 0 Å². The third kappa shape index (κ3) is 8.78. The van der Waals surface area contributed by atoms with Crippen molar-refractivity contribution in [3.8, 4) is 0 Å². The quantitative estimate of drug-likeness (QED) is 0.268. The zero-order valence-electron chi connectivity index (χ0n) is 16.7. The first-order chi connectivity index (χ1) is 11.7. The molecule has 1 aromatic rings. The number of rotatable bonds is 14. The van der Waals surface area contributed by atoms with Crippen LogP contribution >= 0.6 is 0 Å². The van der Waals surface area contributed by atoms with Crippen LogP contribution in [0.15, 0.2) is 32.7 Å². The summed E-state index contributed by atoms with van der Waals surface area (Å²) in [6, 6.07) is 2.10. The molecule has 1 heterocycles. The van der Waals surface area contributed by atoms with Gasteiger partial charge < -0.3 is 0 Å². The van der Waals surface area contributed by atoms with Crippen LogP contribution in [0.4, 0.5) is 0 Å². The average Bonchev–Trinajstić information content (AvgIpc) is 3.09. The molecule has 0 radical (unpaired) electrons. The summed E-state index contributed by atoms with van der Waals surface area (Å²) in [6.07, 6.45) is 15.9. The molecular formula is C22H40OSn. The molecule has 0 spiro atoms. The van der Waals surface area contributed by atoms with Crippen LogP contribution in [0.3, 0.4) is 0 Å². The van der Waals surface area contributed by atoms with Gasteiger partial charge in [-0.15, -0.1) is 0 Å². The van der Waals surface area contributed by atoms with Gasteiger partial charge in [0.1, 0.15) is 0 Å². The van der Waals surface area contributed by atoms with Gasteiger partial charge in [-0.1, -0.05) is 0 Å². The number of unbranched alkanes of at least 4 members (excludes halogenated alkanes) is 3. The van der Waals surface area contributed by atoms with Crippen molar-refractivity contribution in [1.82, 2.24) is 0 Å². The Labute approximate surface area is 155 Å². The van der Waals surface area contributed by atoms with Crippen LogP contribution < -0.4 is 0 Å². The SMILES string of the molecule is CCC[CH2][Sn](/[CH]=C(\C)CCCc1ccoc1)([CH2]CCC)[CH2]CCC. The molecule has 0 saturated heterocycles. The Balaban J connectivity index is 2.68. The fourth-order valence-corrected chi connectivity index (χ4v) is 19.6. The van der Waals surface area contributed by atoms with E-state index < -0.39 is 18.4 Å². The zero-order chi connectivity index (χ0) is 17.7. The Hall–Kier alpha value is -0.181. The van der Waals surface area contributed by atoms with E-state index in [2.05, 4.69) is 37.9 Å². The molecule has 0 fully saturated rings. The fourth-order valence-electron chi connectivity index (χ4n) is 3.78. The second kappa shape index (κ2) is 13.1. The second-order valence-electron chi connectivity index (χ2n) is 7.65. The predicted octanol–water partition coefficient (Wildman–Crippen LogP) is 7.94. The van der Waals surface area contributed by atoms with Crippen LogP contribution in [0.5, 0.6) is 0 Å². The van der Waals surface area contributed by atoms with Crippen LogP contribution in [-0.4, -0.2) is 18.4 Å². The monoisotopic (exact) mass is 440 g/mol. The minimum atomic E-state index is -2.08. The van der Waals surface area contributed by atoms with Crippen LogP contribution in [0.2, 0.25) is 13.3 Å². The first-order valence-electron chi connectivity index (χ1n) is 10.3. The van der Waals surface area contributed by atoms with Crippen molar-refractivity contribution in [2.24, 2.45) is 0 Å². The van der Waals surface area contributed by atoms with E-state index in [9.17, 15) is 0 Å². The van der Waals surface area contributed by atoms with E-state index in [0.717, 1.165) is 6.42 Å². The maximum absolute atomic E-state index is 5.18. The molecule has 0 N–H and O–H groups in total. The summed E-state index contributed by atoms with van der Waals surface area (Å²) < 4.78 is 12.8. The van der Waals surface area contributed by atoms with Crippen LogP contribution in [0.1, 0.15) is 84.6 Å². The van der Waals surface area contributed by atoms with E-state index in [0.29, 0.717) is 0 Å². The Morgan fingerprint density at radius 3 is 2.00 bits per heavy atom. The Kier molecular flexibility index (Phi) is 11.9. The van der Waals surface area contributed by atoms with Crippen molar-refractivity contribution in [2.45, 2.75) is 98.8 Å². The van der Waals surface area contributed by atoms with Gasteiger partial charge in [-0.3, -0.25) is 0 Å². The minimum absolute atomic E-state index is 1.16. The van der Waals surface area contributed by atoms with Crippen LogP contribution in [0.25, 0.3) is 0 Å². The number of hydrogen-bond donors (Lipinski definition) is 0. The number of furan rings is 1. The predicted molar refractivity (Wildman–Crippen MR) is 110 cm³/mol. The molecular weight excluding hydrogens is 399 g/mol. The second-order valence-corrected chi connectivity index (χ2v) is 20.5. The number of aryl methyl sites for hydroxylation is 1. The summed E-state index contributed by atoms with van der Waals surface area (Å²) in [6.45, 7) is 9.48. The van der Waals surface area contributed by atoms with Gasteiger partial charge in [0.2, 0.25) is 0 Å². The molecule has 1 aromatic heterocycles. The molecule has 0 aliphatic rings. The van der Waals surface area contributed by atoms with Crippen molar-refractivity contribution in [3.05, 3.63) is 33.8 Å². The molecule has 24 heavy (non-hydrogen) atoms. The van der Waals surface area contributed by atoms with Gasteiger partial charge in [-0.05, 0) is 0 Å². The van der Waals surface area contributed by atoms with Crippen molar-refractivity contribution >= 4 is 18.4 Å². The molecule has 0 aliphatic heterocycles. The van der Waals surface area contributed by atoms with E-state index in [1.807, 2.05) is 6.26 Å². The van der Waals surface area contributed by atoms with E-state index >= 15 is 0 Å². The zero-order valence-corrected chi connectivity index (χ0v) is 19.6. The fraction of sp³-hybridized carbons (Fsp3) is 0.727. The van der Waals surface area contributed by atoms with Crippen molar-refractivity contribution in [1.29, 1.82) is 0 Å². The van der Waals surface area contributed by atoms with E-state index in [4.69, 9.17) is 4.42 Å². The van der Waals surface area contributed by atoms with Gasteiger partial charge in [0.25, 0.3) is 0 Å². The normalized spacial score (nSPS) is 12.8. The summed E-state index contributed by atoms with van der Waals surface area (Å²) >= 11 is -2.08. The molecule has 0 aliphatic carbocycles. The summed E-state index contributed by atoms with van der Waals surface area (Å²) in [5.74, 6) is 0. The molecule has 0 bridgehead atoms. The van der Waals surface area contributed by atoms with Gasteiger partial charge in [0, 0.05) is 0 Å². The number of hydrogen-bond acceptors (Lipinski definition) is 1. The van der Waals surface area contributed by atoms with Crippen molar-refractivity contribution in [3.63, 3.8) is 0 Å². The third-order valence-corrected chi connectivity index (χ3v) is 20.0. The first kappa shape index (κ1) is 21.9. The van der Waals surface area contributed by atoms with Gasteiger partial charge in [0.15, 0.2) is 0 Å². The van der Waals surface area contributed by atoms with E-state index in [1.165, 1.54) is 56.9 Å². The van der Waals surface area contributed by atoms with Crippen LogP contribution in [0, 0.1) is 0 Å². The molecule has 1 nitrogen and oxygen atoms in total. The molecule has 0 atom stereocenters. The number of allylic oxidation sites excluding steroid dienone is 1. The van der Waals surface area contributed by atoms with Gasteiger partial charge in [-0.25, -0.2) is 0 Å². The molecule has 0 unspecified atom stereocenters. The standard InChI is InChI=1S/C10H13O.3C4H9.Sn/c1-9(2)4-3-5-10-6-7-11-8-10;3*1-3-4-2;/h1,6-8H,3-5H2,2H3;3*1,3-4H2,2H3;. The molecule has 138 valence electrons. The molecule has 2 heteroatoms. The average molecular weight is 439 g/mol. The molecule has 1 rings (SSSR count). The summed E-state index contributed by atoms with van der Waals surface area (Å²) in [7, 11) is 0. The molecule has 0 saturated carbocycles. The maximum atomic E-state index is 5.18. The third-order valence-electron chi connectivity index (χ3n) is 5.25. The van der Waals surface area contributed by atoms with Gasteiger partial charge >= 0.3 is 155 Å². The Bertz CT molecular complexity index is 411. The summed E-state index contributed by atoms with van der Waals surface area (Å²) in [4.78, 5) is 0. The van der Waals surface area contributed by atoms with Gasteiger partial charge in [0.05, 0.1) is 0 Å². The summed E-state index contributed by atoms with van der Waals surface area (Å²) in [5, 5.41) is 0. The topological polar surface area (TPSA) is 13.1 Å². The summed E-state index contributed by atoms with van der Waals surface area (Å²) in [5.41, 5.74) is 3.04. The first-order valence-corrected chi connectivity index (χ1v) is 18.1.